The SMILES string of the molecule is O=C(NCCO)C1CCN(c2cc(-c3ccccc3)nc3c2SCC3)CC1. The standard InChI is InChI=1S/C21H25N3O2S/c25-12-9-22-21(26)16-6-10-24(11-7-16)19-14-18(15-4-2-1-3-5-15)23-17-8-13-27-20(17)19/h1-5,14,16,25H,6-13H2,(H,22,26). The first-order chi connectivity index (χ1) is 13.3. The number of hydrogen-bond donors (Lipinski definition) is 2. The molecule has 1 aromatic carbocycles. The number of benzene rings is 1. The van der Waals surface area contributed by atoms with Gasteiger partial charge >= 0.3 is 0 Å². The number of nitrogens with one attached hydrogen (secondary N) is 1. The van der Waals surface area contributed by atoms with E-state index >= 15 is 0 Å². The number of rotatable bonds is 5. The number of aliphatic hydroxyl groups is 1. The summed E-state index contributed by atoms with van der Waals surface area (Å²) in [6.45, 7) is 2.09. The Morgan fingerprint density at radius 3 is 2.78 bits per heavy atom. The third-order valence-corrected chi connectivity index (χ3v) is 6.44. The van der Waals surface area contributed by atoms with Crippen LogP contribution in [-0.4, -0.2) is 48.0 Å². The summed E-state index contributed by atoms with van der Waals surface area (Å²) < 4.78 is 0. The van der Waals surface area contributed by atoms with E-state index in [-0.39, 0.29) is 18.4 Å². The van der Waals surface area contributed by atoms with Gasteiger partial charge < -0.3 is 15.3 Å². The number of aromatic nitrogens is 1. The van der Waals surface area contributed by atoms with Crippen LogP contribution >= 0.6 is 11.8 Å². The molecule has 27 heavy (non-hydrogen) atoms. The second-order valence-corrected chi connectivity index (χ2v) is 8.15. The Bertz CT molecular complexity index is 805. The number of nitrogens with zero attached hydrogens (tertiary/aromatic N) is 2. The Kier molecular flexibility index (Phi) is 5.64. The van der Waals surface area contributed by atoms with Crippen LogP contribution in [0.15, 0.2) is 41.3 Å². The van der Waals surface area contributed by atoms with Crippen molar-refractivity contribution >= 4 is 23.4 Å². The average Bonchev–Trinajstić information content (AvgIpc) is 3.21. The van der Waals surface area contributed by atoms with Crippen LogP contribution in [-0.2, 0) is 11.2 Å². The molecule has 142 valence electrons. The number of thioether (sulfide) groups is 1. The topological polar surface area (TPSA) is 65.5 Å². The van der Waals surface area contributed by atoms with Crippen LogP contribution in [0.25, 0.3) is 11.3 Å². The molecule has 0 unspecified atom stereocenters. The Labute approximate surface area is 164 Å². The molecule has 2 aromatic rings. The number of carbonyl (C=O) groups is 1. The predicted octanol–water partition coefficient (Wildman–Crippen LogP) is 2.72. The molecular formula is C21H25N3O2S. The largest absolute Gasteiger partial charge is 0.395 e. The fourth-order valence-corrected chi connectivity index (χ4v) is 5.00. The Morgan fingerprint density at radius 1 is 1.26 bits per heavy atom. The molecule has 0 bridgehead atoms. The second kappa shape index (κ2) is 8.31. The molecule has 1 fully saturated rings. The number of pyridine rings is 1. The van der Waals surface area contributed by atoms with Gasteiger partial charge in [0.25, 0.3) is 0 Å². The van der Waals surface area contributed by atoms with Gasteiger partial charge in [-0.1, -0.05) is 30.3 Å². The van der Waals surface area contributed by atoms with Crippen LogP contribution in [0, 0.1) is 5.92 Å². The number of anilines is 1. The van der Waals surface area contributed by atoms with E-state index in [0.29, 0.717) is 6.54 Å². The Morgan fingerprint density at radius 2 is 2.04 bits per heavy atom. The van der Waals surface area contributed by atoms with E-state index in [0.717, 1.165) is 49.4 Å². The van der Waals surface area contributed by atoms with Gasteiger partial charge in [0.05, 0.1) is 28.6 Å². The number of hydrogen-bond acceptors (Lipinski definition) is 5. The van der Waals surface area contributed by atoms with Crippen LogP contribution in [0.1, 0.15) is 18.5 Å². The molecule has 0 saturated carbocycles. The first kappa shape index (κ1) is 18.3. The van der Waals surface area contributed by atoms with Gasteiger partial charge in [0.2, 0.25) is 5.91 Å². The fourth-order valence-electron chi connectivity index (χ4n) is 3.85. The van der Waals surface area contributed by atoms with Crippen molar-refractivity contribution in [2.75, 3.05) is 36.9 Å². The van der Waals surface area contributed by atoms with Gasteiger partial charge in [-0.2, -0.15) is 0 Å². The summed E-state index contributed by atoms with van der Waals surface area (Å²) in [6.07, 6.45) is 2.72. The molecule has 2 aliphatic heterocycles. The molecule has 2 aliphatic rings. The summed E-state index contributed by atoms with van der Waals surface area (Å²) >= 11 is 1.90. The van der Waals surface area contributed by atoms with Crippen molar-refractivity contribution in [2.24, 2.45) is 5.92 Å². The number of aliphatic hydroxyl groups excluding tert-OH is 1. The fraction of sp³-hybridized carbons (Fsp3) is 0.429. The molecule has 1 amide bonds. The summed E-state index contributed by atoms with van der Waals surface area (Å²) in [5, 5.41) is 11.7. The minimum Gasteiger partial charge on any atom is -0.395 e. The summed E-state index contributed by atoms with van der Waals surface area (Å²) in [5.74, 6) is 1.21. The second-order valence-electron chi connectivity index (χ2n) is 7.04. The van der Waals surface area contributed by atoms with Gasteiger partial charge in [0.1, 0.15) is 0 Å². The highest BCUT2D eigenvalue weighted by Gasteiger charge is 2.28. The molecule has 0 spiro atoms. The van der Waals surface area contributed by atoms with E-state index in [4.69, 9.17) is 10.1 Å². The van der Waals surface area contributed by atoms with E-state index < -0.39 is 0 Å². The minimum atomic E-state index is -0.00672. The maximum atomic E-state index is 12.2. The molecule has 0 atom stereocenters. The summed E-state index contributed by atoms with van der Waals surface area (Å²) in [5.41, 5.74) is 4.67. The zero-order valence-corrected chi connectivity index (χ0v) is 16.2. The summed E-state index contributed by atoms with van der Waals surface area (Å²) in [4.78, 5) is 20.8. The van der Waals surface area contributed by atoms with Crippen molar-refractivity contribution in [2.45, 2.75) is 24.2 Å². The van der Waals surface area contributed by atoms with E-state index in [1.807, 2.05) is 17.8 Å². The lowest BCUT2D eigenvalue weighted by molar-refractivity contribution is -0.125. The van der Waals surface area contributed by atoms with Crippen molar-refractivity contribution in [1.82, 2.24) is 10.3 Å². The van der Waals surface area contributed by atoms with Gasteiger partial charge in [-0.3, -0.25) is 9.78 Å². The van der Waals surface area contributed by atoms with Gasteiger partial charge in [0, 0.05) is 43.3 Å². The maximum Gasteiger partial charge on any atom is 0.223 e. The predicted molar refractivity (Wildman–Crippen MR) is 109 cm³/mol. The molecule has 1 aromatic heterocycles. The van der Waals surface area contributed by atoms with Crippen molar-refractivity contribution in [1.29, 1.82) is 0 Å². The van der Waals surface area contributed by atoms with Crippen molar-refractivity contribution in [3.63, 3.8) is 0 Å². The molecule has 4 rings (SSSR count). The minimum absolute atomic E-state index is 0.00672. The maximum absolute atomic E-state index is 12.2. The highest BCUT2D eigenvalue weighted by Crippen LogP contribution is 2.41. The highest BCUT2D eigenvalue weighted by atomic mass is 32.2. The molecular weight excluding hydrogens is 358 g/mol. The first-order valence-electron chi connectivity index (χ1n) is 9.62. The lowest BCUT2D eigenvalue weighted by Gasteiger charge is -2.34. The van der Waals surface area contributed by atoms with Gasteiger partial charge in [-0.15, -0.1) is 11.8 Å². The zero-order chi connectivity index (χ0) is 18.6. The smallest absolute Gasteiger partial charge is 0.223 e. The van der Waals surface area contributed by atoms with Gasteiger partial charge in [-0.25, -0.2) is 0 Å². The zero-order valence-electron chi connectivity index (χ0n) is 15.4. The lowest BCUT2D eigenvalue weighted by Crippen LogP contribution is -2.41. The van der Waals surface area contributed by atoms with Crippen LogP contribution in [0.2, 0.25) is 0 Å². The number of aryl methyl sites for hydroxylation is 1. The number of carbonyl (C=O) groups excluding carboxylic acids is 1. The van der Waals surface area contributed by atoms with E-state index in [1.165, 1.54) is 16.3 Å². The Hall–Kier alpha value is -2.05. The molecule has 1 saturated heterocycles. The van der Waals surface area contributed by atoms with E-state index in [1.54, 1.807) is 0 Å². The van der Waals surface area contributed by atoms with Gasteiger partial charge in [-0.05, 0) is 18.9 Å². The Balaban J connectivity index is 1.54. The van der Waals surface area contributed by atoms with Crippen LogP contribution in [0.4, 0.5) is 5.69 Å². The van der Waals surface area contributed by atoms with E-state index in [9.17, 15) is 4.79 Å². The summed E-state index contributed by atoms with van der Waals surface area (Å²) in [7, 11) is 0. The summed E-state index contributed by atoms with van der Waals surface area (Å²) in [6, 6.07) is 12.6. The molecule has 2 N–H and O–H groups in total. The van der Waals surface area contributed by atoms with Crippen molar-refractivity contribution < 1.29 is 9.90 Å². The number of piperidine rings is 1. The number of amides is 1. The molecule has 3 heterocycles. The van der Waals surface area contributed by atoms with Crippen LogP contribution in [0.5, 0.6) is 0 Å². The van der Waals surface area contributed by atoms with E-state index in [2.05, 4.69) is 40.5 Å². The highest BCUT2D eigenvalue weighted by molar-refractivity contribution is 7.99. The molecule has 0 radical (unpaired) electrons. The third kappa shape index (κ3) is 3.96. The first-order valence-corrected chi connectivity index (χ1v) is 10.6. The van der Waals surface area contributed by atoms with Gasteiger partial charge in [0.15, 0.2) is 0 Å². The molecule has 0 aliphatic carbocycles. The van der Waals surface area contributed by atoms with Crippen LogP contribution < -0.4 is 10.2 Å². The monoisotopic (exact) mass is 383 g/mol. The van der Waals surface area contributed by atoms with Crippen molar-refractivity contribution in [3.05, 3.63) is 42.1 Å². The molecule has 5 nitrogen and oxygen atoms in total. The normalized spacial score (nSPS) is 17.0. The third-order valence-electron chi connectivity index (χ3n) is 5.30. The quantitative estimate of drug-likeness (QED) is 0.831. The van der Waals surface area contributed by atoms with Crippen LogP contribution in [0.3, 0.4) is 0 Å². The van der Waals surface area contributed by atoms with Crippen molar-refractivity contribution in [3.8, 4) is 11.3 Å². The lowest BCUT2D eigenvalue weighted by atomic mass is 9.95. The number of fused-ring (bicyclic) bond motifs is 1. The molecule has 6 heteroatoms. The average molecular weight is 384 g/mol.